The molecule has 1 amide bonds. The Bertz CT molecular complexity index is 659. The SMILES string of the molecule is Cc1cc(C)c(C(=O)NC(C)Cc2c(C)noc2C)c(C)c1. The molecule has 1 heterocycles. The number of nitrogens with one attached hydrogen (secondary N) is 1. The summed E-state index contributed by atoms with van der Waals surface area (Å²) >= 11 is 0. The van der Waals surface area contributed by atoms with Crippen molar-refractivity contribution in [2.24, 2.45) is 0 Å². The summed E-state index contributed by atoms with van der Waals surface area (Å²) in [5.41, 5.74) is 5.94. The molecule has 0 spiro atoms. The Morgan fingerprint density at radius 3 is 2.27 bits per heavy atom. The lowest BCUT2D eigenvalue weighted by molar-refractivity contribution is 0.0938. The minimum atomic E-state index is -0.0192. The minimum Gasteiger partial charge on any atom is -0.361 e. The number of carbonyl (C=O) groups is 1. The monoisotopic (exact) mass is 300 g/mol. The number of nitrogens with zero attached hydrogens (tertiary/aromatic N) is 1. The summed E-state index contributed by atoms with van der Waals surface area (Å²) in [6, 6.07) is 4.10. The average molecular weight is 300 g/mol. The second-order valence-corrected chi connectivity index (χ2v) is 6.16. The molecule has 2 rings (SSSR count). The molecule has 0 bridgehead atoms. The van der Waals surface area contributed by atoms with E-state index in [1.165, 1.54) is 5.56 Å². The molecule has 1 aromatic carbocycles. The topological polar surface area (TPSA) is 55.1 Å². The fourth-order valence-electron chi connectivity index (χ4n) is 2.98. The number of rotatable bonds is 4. The third-order valence-electron chi connectivity index (χ3n) is 3.97. The second kappa shape index (κ2) is 6.34. The first-order chi connectivity index (χ1) is 10.3. The summed E-state index contributed by atoms with van der Waals surface area (Å²) < 4.78 is 5.17. The van der Waals surface area contributed by atoms with E-state index in [1.54, 1.807) is 0 Å². The highest BCUT2D eigenvalue weighted by Gasteiger charge is 2.18. The molecule has 1 N–H and O–H groups in total. The van der Waals surface area contributed by atoms with E-state index in [1.807, 2.05) is 53.7 Å². The first-order valence-electron chi connectivity index (χ1n) is 7.60. The molecule has 0 aliphatic heterocycles. The van der Waals surface area contributed by atoms with Gasteiger partial charge < -0.3 is 9.84 Å². The van der Waals surface area contributed by atoms with Crippen LogP contribution >= 0.6 is 0 Å². The van der Waals surface area contributed by atoms with Gasteiger partial charge in [-0.2, -0.15) is 0 Å². The first kappa shape index (κ1) is 16.3. The van der Waals surface area contributed by atoms with Gasteiger partial charge in [0, 0.05) is 17.2 Å². The van der Waals surface area contributed by atoms with E-state index in [4.69, 9.17) is 4.52 Å². The lowest BCUT2D eigenvalue weighted by Crippen LogP contribution is -2.35. The standard InChI is InChI=1S/C18H24N2O2/c1-10-7-11(2)17(12(3)8-10)18(21)19-13(4)9-16-14(5)20-22-15(16)6/h7-8,13H,9H2,1-6H3,(H,19,21). The molecule has 0 radical (unpaired) electrons. The molecule has 1 aromatic heterocycles. The molecule has 0 fully saturated rings. The van der Waals surface area contributed by atoms with Crippen molar-refractivity contribution >= 4 is 5.91 Å². The van der Waals surface area contributed by atoms with E-state index in [-0.39, 0.29) is 11.9 Å². The van der Waals surface area contributed by atoms with Crippen molar-refractivity contribution in [3.63, 3.8) is 0 Å². The van der Waals surface area contributed by atoms with Crippen LogP contribution in [0.1, 0.15) is 51.0 Å². The zero-order valence-electron chi connectivity index (χ0n) is 14.2. The fraction of sp³-hybridized carbons (Fsp3) is 0.444. The van der Waals surface area contributed by atoms with Crippen molar-refractivity contribution in [1.82, 2.24) is 10.5 Å². The molecule has 0 aliphatic rings. The molecule has 4 heteroatoms. The molecule has 0 aliphatic carbocycles. The van der Waals surface area contributed by atoms with E-state index >= 15 is 0 Å². The maximum Gasteiger partial charge on any atom is 0.252 e. The number of aromatic nitrogens is 1. The van der Waals surface area contributed by atoms with Crippen molar-refractivity contribution in [3.05, 3.63) is 51.4 Å². The van der Waals surface area contributed by atoms with Crippen LogP contribution in [-0.2, 0) is 6.42 Å². The van der Waals surface area contributed by atoms with Gasteiger partial charge in [-0.05, 0) is 59.1 Å². The van der Waals surface area contributed by atoms with Gasteiger partial charge in [-0.25, -0.2) is 0 Å². The van der Waals surface area contributed by atoms with E-state index in [0.29, 0.717) is 0 Å². The summed E-state index contributed by atoms with van der Waals surface area (Å²) in [5.74, 6) is 0.801. The van der Waals surface area contributed by atoms with Crippen molar-refractivity contribution in [1.29, 1.82) is 0 Å². The third kappa shape index (κ3) is 3.38. The van der Waals surface area contributed by atoms with Gasteiger partial charge in [0.25, 0.3) is 5.91 Å². The highest BCUT2D eigenvalue weighted by atomic mass is 16.5. The van der Waals surface area contributed by atoms with Crippen LogP contribution in [-0.4, -0.2) is 17.1 Å². The van der Waals surface area contributed by atoms with Gasteiger partial charge in [0.2, 0.25) is 0 Å². The lowest BCUT2D eigenvalue weighted by Gasteiger charge is -2.16. The smallest absolute Gasteiger partial charge is 0.252 e. The molecule has 2 aromatic rings. The van der Waals surface area contributed by atoms with Gasteiger partial charge in [-0.3, -0.25) is 4.79 Å². The number of aryl methyl sites for hydroxylation is 5. The number of hydrogen-bond donors (Lipinski definition) is 1. The minimum absolute atomic E-state index is 0.0180. The van der Waals surface area contributed by atoms with Gasteiger partial charge in [0.05, 0.1) is 5.69 Å². The van der Waals surface area contributed by atoms with Crippen LogP contribution in [0.5, 0.6) is 0 Å². The Labute approximate surface area is 131 Å². The molecule has 22 heavy (non-hydrogen) atoms. The molecular formula is C18H24N2O2. The summed E-state index contributed by atoms with van der Waals surface area (Å²) in [4.78, 5) is 12.6. The zero-order chi connectivity index (χ0) is 16.4. The Morgan fingerprint density at radius 1 is 1.18 bits per heavy atom. The van der Waals surface area contributed by atoms with Crippen LogP contribution in [0.2, 0.25) is 0 Å². The average Bonchev–Trinajstić information content (AvgIpc) is 2.69. The molecular weight excluding hydrogens is 276 g/mol. The Balaban J connectivity index is 2.12. The van der Waals surface area contributed by atoms with Crippen LogP contribution in [0.25, 0.3) is 0 Å². The zero-order valence-corrected chi connectivity index (χ0v) is 14.2. The first-order valence-corrected chi connectivity index (χ1v) is 7.60. The highest BCUT2D eigenvalue weighted by Crippen LogP contribution is 2.18. The summed E-state index contributed by atoms with van der Waals surface area (Å²) in [7, 11) is 0. The largest absolute Gasteiger partial charge is 0.361 e. The van der Waals surface area contributed by atoms with Crippen molar-refractivity contribution in [2.75, 3.05) is 0 Å². The normalized spacial score (nSPS) is 12.3. The number of carbonyl (C=O) groups excluding carboxylic acids is 1. The number of amides is 1. The van der Waals surface area contributed by atoms with Crippen molar-refractivity contribution in [3.8, 4) is 0 Å². The van der Waals surface area contributed by atoms with Gasteiger partial charge in [0.15, 0.2) is 0 Å². The second-order valence-electron chi connectivity index (χ2n) is 6.16. The maximum atomic E-state index is 12.6. The Morgan fingerprint density at radius 2 is 1.77 bits per heavy atom. The van der Waals surface area contributed by atoms with Gasteiger partial charge in [0.1, 0.15) is 5.76 Å². The molecule has 1 atom stereocenters. The van der Waals surface area contributed by atoms with Crippen LogP contribution in [0.15, 0.2) is 16.7 Å². The Hall–Kier alpha value is -2.10. The van der Waals surface area contributed by atoms with E-state index in [9.17, 15) is 4.79 Å². The van der Waals surface area contributed by atoms with Crippen molar-refractivity contribution < 1.29 is 9.32 Å². The summed E-state index contributed by atoms with van der Waals surface area (Å²) in [6.07, 6.45) is 0.719. The molecule has 0 saturated carbocycles. The summed E-state index contributed by atoms with van der Waals surface area (Å²) in [6.45, 7) is 11.8. The Kier molecular flexibility index (Phi) is 4.69. The third-order valence-corrected chi connectivity index (χ3v) is 3.97. The molecule has 4 nitrogen and oxygen atoms in total. The maximum absolute atomic E-state index is 12.6. The van der Waals surface area contributed by atoms with Gasteiger partial charge in [-0.15, -0.1) is 0 Å². The van der Waals surface area contributed by atoms with Gasteiger partial charge in [-0.1, -0.05) is 22.9 Å². The van der Waals surface area contributed by atoms with Crippen LogP contribution < -0.4 is 5.32 Å². The number of hydrogen-bond acceptors (Lipinski definition) is 3. The predicted octanol–water partition coefficient (Wildman–Crippen LogP) is 3.58. The lowest BCUT2D eigenvalue weighted by atomic mass is 9.98. The van der Waals surface area contributed by atoms with E-state index < -0.39 is 0 Å². The highest BCUT2D eigenvalue weighted by molar-refractivity contribution is 5.97. The van der Waals surface area contributed by atoms with Gasteiger partial charge >= 0.3 is 0 Å². The van der Waals surface area contributed by atoms with Crippen LogP contribution in [0.4, 0.5) is 0 Å². The van der Waals surface area contributed by atoms with E-state index in [0.717, 1.165) is 40.1 Å². The molecule has 0 saturated heterocycles. The quantitative estimate of drug-likeness (QED) is 0.939. The summed E-state index contributed by atoms with van der Waals surface area (Å²) in [5, 5.41) is 7.04. The van der Waals surface area contributed by atoms with E-state index in [2.05, 4.69) is 10.5 Å². The molecule has 118 valence electrons. The predicted molar refractivity (Wildman–Crippen MR) is 87.3 cm³/mol. The number of benzene rings is 1. The van der Waals surface area contributed by atoms with Crippen LogP contribution in [0.3, 0.4) is 0 Å². The van der Waals surface area contributed by atoms with Crippen molar-refractivity contribution in [2.45, 2.75) is 54.0 Å². The fourth-order valence-corrected chi connectivity index (χ4v) is 2.98. The van der Waals surface area contributed by atoms with Crippen LogP contribution in [0, 0.1) is 34.6 Å². The molecule has 1 unspecified atom stereocenters.